The Bertz CT molecular complexity index is 407. The van der Waals surface area contributed by atoms with Gasteiger partial charge in [0.1, 0.15) is 13.2 Å². The molecule has 0 saturated heterocycles. The maximum atomic E-state index is 11.6. The second-order valence-corrected chi connectivity index (χ2v) is 9.77. The molecule has 0 aliphatic carbocycles. The Morgan fingerprint density at radius 1 is 0.778 bits per heavy atom. The largest absolute Gasteiger partial charge is 0.756 e. The minimum absolute atomic E-state index is 0.164. The molecular formula is C21H44NO4P. The second-order valence-electron chi connectivity index (χ2n) is 8.36. The van der Waals surface area contributed by atoms with E-state index in [1.165, 1.54) is 57.8 Å². The van der Waals surface area contributed by atoms with Gasteiger partial charge in [0.25, 0.3) is 7.82 Å². The van der Waals surface area contributed by atoms with Gasteiger partial charge >= 0.3 is 0 Å². The van der Waals surface area contributed by atoms with E-state index in [0.717, 1.165) is 19.3 Å². The van der Waals surface area contributed by atoms with Gasteiger partial charge in [0.15, 0.2) is 0 Å². The summed E-state index contributed by atoms with van der Waals surface area (Å²) in [5, 5.41) is 0. The van der Waals surface area contributed by atoms with Crippen LogP contribution in [0, 0.1) is 0 Å². The molecule has 5 nitrogen and oxygen atoms in total. The van der Waals surface area contributed by atoms with Crippen LogP contribution in [0.25, 0.3) is 0 Å². The van der Waals surface area contributed by atoms with Gasteiger partial charge in [-0.05, 0) is 32.1 Å². The zero-order chi connectivity index (χ0) is 20.4. The highest BCUT2D eigenvalue weighted by Crippen LogP contribution is 2.38. The number of rotatable bonds is 19. The fraction of sp³-hybridized carbons (Fsp3) is 0.905. The van der Waals surface area contributed by atoms with Crippen molar-refractivity contribution in [2.75, 3.05) is 40.9 Å². The van der Waals surface area contributed by atoms with Crippen molar-refractivity contribution in [1.29, 1.82) is 0 Å². The minimum Gasteiger partial charge on any atom is -0.756 e. The monoisotopic (exact) mass is 405 g/mol. The molecule has 0 saturated carbocycles. The lowest BCUT2D eigenvalue weighted by atomic mass is 10.1. The van der Waals surface area contributed by atoms with Gasteiger partial charge in [-0.15, -0.1) is 0 Å². The molecular weight excluding hydrogens is 361 g/mol. The van der Waals surface area contributed by atoms with E-state index in [1.54, 1.807) is 0 Å². The Hall–Kier alpha value is -0.190. The van der Waals surface area contributed by atoms with Crippen LogP contribution in [0.3, 0.4) is 0 Å². The average Bonchev–Trinajstić information content (AvgIpc) is 2.57. The first-order valence-electron chi connectivity index (χ1n) is 10.8. The normalized spacial score (nSPS) is 14.7. The number of allylic oxidation sites excluding steroid dienone is 2. The van der Waals surface area contributed by atoms with Crippen LogP contribution in [-0.4, -0.2) is 45.4 Å². The summed E-state index contributed by atoms with van der Waals surface area (Å²) in [5.41, 5.74) is 0. The summed E-state index contributed by atoms with van der Waals surface area (Å²) in [4.78, 5) is 11.6. The number of hydrogen-bond donors (Lipinski definition) is 0. The highest BCUT2D eigenvalue weighted by molar-refractivity contribution is 7.45. The van der Waals surface area contributed by atoms with Crippen LogP contribution in [0.2, 0.25) is 0 Å². The molecule has 162 valence electrons. The average molecular weight is 406 g/mol. The molecule has 0 aromatic rings. The van der Waals surface area contributed by atoms with Crippen LogP contribution in [0.1, 0.15) is 84.0 Å². The molecule has 0 amide bonds. The first-order chi connectivity index (χ1) is 12.8. The SMILES string of the molecule is CCCCCC/C=C\CCCCCCCCOP(=O)([O-])OCC[N+](C)(C)C. The predicted octanol–water partition coefficient (Wildman–Crippen LogP) is 5.45. The lowest BCUT2D eigenvalue weighted by Gasteiger charge is -2.27. The molecule has 0 aromatic heterocycles. The highest BCUT2D eigenvalue weighted by atomic mass is 31.2. The number of phosphoric ester groups is 1. The summed E-state index contributed by atoms with van der Waals surface area (Å²) in [6.07, 6.45) is 19.0. The summed E-state index contributed by atoms with van der Waals surface area (Å²) >= 11 is 0. The molecule has 0 radical (unpaired) electrons. The van der Waals surface area contributed by atoms with Crippen LogP contribution in [0.15, 0.2) is 12.2 Å². The van der Waals surface area contributed by atoms with Gasteiger partial charge in [-0.2, -0.15) is 0 Å². The van der Waals surface area contributed by atoms with Gasteiger partial charge in [0, 0.05) is 0 Å². The van der Waals surface area contributed by atoms with E-state index in [9.17, 15) is 9.46 Å². The fourth-order valence-electron chi connectivity index (χ4n) is 2.64. The number of hydrogen-bond acceptors (Lipinski definition) is 4. The molecule has 0 aromatic carbocycles. The van der Waals surface area contributed by atoms with Crippen LogP contribution in [0.5, 0.6) is 0 Å². The molecule has 1 atom stereocenters. The summed E-state index contributed by atoms with van der Waals surface area (Å²) < 4.78 is 22.1. The minimum atomic E-state index is -4.13. The lowest BCUT2D eigenvalue weighted by molar-refractivity contribution is -0.870. The Kier molecular flexibility index (Phi) is 16.6. The van der Waals surface area contributed by atoms with Gasteiger partial charge in [0.05, 0.1) is 27.7 Å². The fourth-order valence-corrected chi connectivity index (χ4v) is 3.37. The van der Waals surface area contributed by atoms with Gasteiger partial charge < -0.3 is 18.4 Å². The van der Waals surface area contributed by atoms with E-state index < -0.39 is 7.82 Å². The van der Waals surface area contributed by atoms with Crippen molar-refractivity contribution in [3.05, 3.63) is 12.2 Å². The van der Waals surface area contributed by atoms with E-state index in [-0.39, 0.29) is 13.2 Å². The molecule has 27 heavy (non-hydrogen) atoms. The van der Waals surface area contributed by atoms with Crippen molar-refractivity contribution in [2.45, 2.75) is 84.0 Å². The van der Waals surface area contributed by atoms with Crippen molar-refractivity contribution in [2.24, 2.45) is 0 Å². The summed E-state index contributed by atoms with van der Waals surface area (Å²) in [6.45, 7) is 3.27. The van der Waals surface area contributed by atoms with Crippen LogP contribution < -0.4 is 4.89 Å². The highest BCUT2D eigenvalue weighted by Gasteiger charge is 2.12. The van der Waals surface area contributed by atoms with Crippen molar-refractivity contribution in [3.8, 4) is 0 Å². The first-order valence-corrected chi connectivity index (χ1v) is 12.3. The Labute approximate surface area is 168 Å². The first kappa shape index (κ1) is 26.8. The number of nitrogens with zero attached hydrogens (tertiary/aromatic N) is 1. The van der Waals surface area contributed by atoms with E-state index in [0.29, 0.717) is 11.0 Å². The summed E-state index contributed by atoms with van der Waals surface area (Å²) in [5.74, 6) is 0. The van der Waals surface area contributed by atoms with Crippen LogP contribution in [0.4, 0.5) is 0 Å². The van der Waals surface area contributed by atoms with E-state index in [2.05, 4.69) is 19.1 Å². The maximum absolute atomic E-state index is 11.6. The molecule has 0 rings (SSSR count). The lowest BCUT2D eigenvalue weighted by Crippen LogP contribution is -2.37. The van der Waals surface area contributed by atoms with Crippen LogP contribution in [-0.2, 0) is 13.6 Å². The van der Waals surface area contributed by atoms with Crippen molar-refractivity contribution < 1.29 is 23.0 Å². The summed E-state index contributed by atoms with van der Waals surface area (Å²) in [7, 11) is 1.84. The number of unbranched alkanes of at least 4 members (excludes halogenated alkanes) is 10. The Morgan fingerprint density at radius 2 is 1.26 bits per heavy atom. The molecule has 0 aliphatic rings. The maximum Gasteiger partial charge on any atom is 0.268 e. The smallest absolute Gasteiger partial charge is 0.268 e. The third-order valence-electron chi connectivity index (χ3n) is 4.42. The second kappa shape index (κ2) is 16.7. The number of likely N-dealkylation sites (N-methyl/N-ethyl adjacent to an activating group) is 1. The number of phosphoric acid groups is 1. The Balaban J connectivity index is 3.39. The van der Waals surface area contributed by atoms with Crippen LogP contribution >= 0.6 is 7.82 Å². The zero-order valence-corrected chi connectivity index (χ0v) is 19.2. The predicted molar refractivity (Wildman–Crippen MR) is 113 cm³/mol. The van der Waals surface area contributed by atoms with E-state index in [4.69, 9.17) is 9.05 Å². The van der Waals surface area contributed by atoms with Gasteiger partial charge in [-0.3, -0.25) is 4.57 Å². The third kappa shape index (κ3) is 22.0. The summed E-state index contributed by atoms with van der Waals surface area (Å²) in [6, 6.07) is 0. The van der Waals surface area contributed by atoms with E-state index >= 15 is 0 Å². The zero-order valence-electron chi connectivity index (χ0n) is 18.3. The molecule has 0 N–H and O–H groups in total. The van der Waals surface area contributed by atoms with Crippen molar-refractivity contribution in [3.63, 3.8) is 0 Å². The number of quaternary nitrogens is 1. The standard InChI is InChI=1S/C21H44NO4P/c1-5-6-7-8-9-10-11-12-13-14-15-16-17-18-20-25-27(23,24)26-21-19-22(2,3)4/h10-11H,5-9,12-21H2,1-4H3/b11-10-. The topological polar surface area (TPSA) is 58.6 Å². The van der Waals surface area contributed by atoms with Gasteiger partial charge in [-0.25, -0.2) is 0 Å². The molecule has 0 spiro atoms. The van der Waals surface area contributed by atoms with Gasteiger partial charge in [-0.1, -0.05) is 64.0 Å². The molecule has 6 heteroatoms. The van der Waals surface area contributed by atoms with Gasteiger partial charge in [0.2, 0.25) is 0 Å². The molecule has 0 aliphatic heterocycles. The van der Waals surface area contributed by atoms with Crippen molar-refractivity contribution >= 4 is 7.82 Å². The Morgan fingerprint density at radius 3 is 1.81 bits per heavy atom. The third-order valence-corrected chi connectivity index (χ3v) is 5.41. The molecule has 0 bridgehead atoms. The molecule has 1 unspecified atom stereocenters. The van der Waals surface area contributed by atoms with E-state index in [1.807, 2.05) is 21.1 Å². The van der Waals surface area contributed by atoms with Crippen molar-refractivity contribution in [1.82, 2.24) is 0 Å². The molecule has 0 fully saturated rings. The molecule has 0 heterocycles. The quantitative estimate of drug-likeness (QED) is 0.124.